The van der Waals surface area contributed by atoms with Gasteiger partial charge in [0.1, 0.15) is 37.7 Å². The van der Waals surface area contributed by atoms with Crippen molar-refractivity contribution in [3.05, 3.63) is 0 Å². The van der Waals surface area contributed by atoms with E-state index in [4.69, 9.17) is 39.1 Å². The third-order valence-corrected chi connectivity index (χ3v) is 9.55. The van der Waals surface area contributed by atoms with Crippen molar-refractivity contribution in [2.75, 3.05) is 77.0 Å². The molecule has 29 heteroatoms. The molecule has 0 spiro atoms. The predicted molar refractivity (Wildman–Crippen MR) is 153 cm³/mol. The number of hydrogen-bond donors (Lipinski definition) is 12. The molecular formula is C14H40N4NaO18P6. The van der Waals surface area contributed by atoms with Crippen molar-refractivity contribution in [1.29, 1.82) is 0 Å². The molecule has 0 aliphatic rings. The zero-order valence-corrected chi connectivity index (χ0v) is 30.6. The van der Waals surface area contributed by atoms with E-state index in [1.807, 2.05) is 0 Å². The third-order valence-electron chi connectivity index (χ3n) is 4.94. The Labute approximate surface area is 269 Å². The minimum Gasteiger partial charge on any atom is -0.324 e. The summed E-state index contributed by atoms with van der Waals surface area (Å²) < 4.78 is 68.5. The topological polar surface area (TPSA) is 358 Å². The third kappa shape index (κ3) is 32.1. The van der Waals surface area contributed by atoms with Gasteiger partial charge in [-0.05, 0) is 12.8 Å². The maximum absolute atomic E-state index is 11.6. The summed E-state index contributed by atoms with van der Waals surface area (Å²) in [5.41, 5.74) is 0. The van der Waals surface area contributed by atoms with Crippen molar-refractivity contribution in [3.63, 3.8) is 0 Å². The summed E-state index contributed by atoms with van der Waals surface area (Å²) in [7, 11) is -28.3. The van der Waals surface area contributed by atoms with Crippen LogP contribution in [-0.2, 0) is 27.4 Å². The average molecular weight is 761 g/mol. The van der Waals surface area contributed by atoms with E-state index in [1.54, 1.807) is 0 Å². The van der Waals surface area contributed by atoms with Gasteiger partial charge in [-0.3, -0.25) is 47.0 Å². The zero-order chi connectivity index (χ0) is 33.2. The molecule has 1 radical (unpaired) electrons. The van der Waals surface area contributed by atoms with E-state index in [2.05, 4.69) is 0 Å². The van der Waals surface area contributed by atoms with Crippen LogP contribution in [0, 0.1) is 0 Å². The standard InChI is InChI=1S/C14H40N4O18P6.Na/c19-37(20,21)9-15(3-1-5-17(11-39(25,26)27)12-40(28,29)30)7-8-16(10-38(22,23)24)4-2-6-18(13-41(31,32)33)14-42(34,35)36;/h1-14H2,(H2,19,20,21)(H2,22,23,24)(H2,25,26,27)(H2,28,29,30)(H2,31,32,33)(H2,34,35,36);. The molecule has 22 nitrogen and oxygen atoms in total. The van der Waals surface area contributed by atoms with Crippen molar-refractivity contribution < 1.29 is 86.1 Å². The molecule has 0 atom stereocenters. The fourth-order valence-corrected chi connectivity index (χ4v) is 8.73. The minimum atomic E-state index is -4.72. The van der Waals surface area contributed by atoms with E-state index >= 15 is 0 Å². The molecule has 0 fully saturated rings. The van der Waals surface area contributed by atoms with Crippen LogP contribution in [0.4, 0.5) is 0 Å². The summed E-state index contributed by atoms with van der Waals surface area (Å²) in [6.45, 7) is -1.39. The molecule has 12 N–H and O–H groups in total. The molecule has 0 aromatic heterocycles. The van der Waals surface area contributed by atoms with Gasteiger partial charge in [-0.1, -0.05) is 0 Å². The molecule has 43 heavy (non-hydrogen) atoms. The molecule has 0 amide bonds. The van der Waals surface area contributed by atoms with Crippen LogP contribution in [0.25, 0.3) is 0 Å². The molecule has 255 valence electrons. The van der Waals surface area contributed by atoms with Gasteiger partial charge in [0.2, 0.25) is 0 Å². The van der Waals surface area contributed by atoms with Crippen LogP contribution in [0.3, 0.4) is 0 Å². The first-order valence-corrected chi connectivity index (χ1v) is 22.5. The van der Waals surface area contributed by atoms with Crippen molar-refractivity contribution in [1.82, 2.24) is 19.6 Å². The smallest absolute Gasteiger partial charge is 0.324 e. The van der Waals surface area contributed by atoms with Crippen LogP contribution in [0.1, 0.15) is 12.8 Å². The first-order valence-electron chi connectivity index (χ1n) is 11.7. The summed E-state index contributed by atoms with van der Waals surface area (Å²) in [6, 6.07) is 0. The SMILES string of the molecule is O=P(O)(O)CN(CCCN(CP(=O)(O)O)CP(=O)(O)O)CCN(CCCN(CP(=O)(O)O)CP(=O)(O)O)CP(=O)(O)O.[Na]. The fraction of sp³-hybridized carbons (Fsp3) is 1.00. The largest absolute Gasteiger partial charge is 0.339 e. The molecule has 0 unspecified atom stereocenters. The number of rotatable bonds is 23. The van der Waals surface area contributed by atoms with Gasteiger partial charge in [0.15, 0.2) is 0 Å². The second-order valence-corrected chi connectivity index (χ2v) is 19.2. The maximum atomic E-state index is 11.6. The van der Waals surface area contributed by atoms with Crippen LogP contribution in [-0.4, -0.2) is 185 Å². The van der Waals surface area contributed by atoms with E-state index < -0.39 is 83.3 Å². The summed E-state index contributed by atoms with van der Waals surface area (Å²) >= 11 is 0. The Hall–Kier alpha value is 1.74. The Morgan fingerprint density at radius 2 is 0.465 bits per heavy atom. The molecule has 0 aliphatic heterocycles. The first kappa shape index (κ1) is 46.9. The second-order valence-electron chi connectivity index (χ2n) is 9.57. The van der Waals surface area contributed by atoms with Gasteiger partial charge in [-0.2, -0.15) is 0 Å². The van der Waals surface area contributed by atoms with Crippen LogP contribution in [0.2, 0.25) is 0 Å². The molecule has 0 saturated carbocycles. The molecule has 0 saturated heterocycles. The average Bonchev–Trinajstić information content (AvgIpc) is 2.64. The van der Waals surface area contributed by atoms with E-state index in [0.29, 0.717) is 0 Å². The Morgan fingerprint density at radius 1 is 0.302 bits per heavy atom. The van der Waals surface area contributed by atoms with E-state index in [1.165, 1.54) is 0 Å². The molecule has 0 heterocycles. The Bertz CT molecular complexity index is 981. The van der Waals surface area contributed by atoms with Crippen molar-refractivity contribution in [2.24, 2.45) is 0 Å². The number of nitrogens with zero attached hydrogens (tertiary/aromatic N) is 4. The summed E-state index contributed by atoms with van der Waals surface area (Å²) in [5.74, 6) is 0. The van der Waals surface area contributed by atoms with E-state index in [9.17, 15) is 47.0 Å². The van der Waals surface area contributed by atoms with Gasteiger partial charge < -0.3 is 58.7 Å². The fourth-order valence-electron chi connectivity index (χ4n) is 3.76. The summed E-state index contributed by atoms with van der Waals surface area (Å²) in [6.07, 6.45) is -5.82. The van der Waals surface area contributed by atoms with Crippen molar-refractivity contribution >= 4 is 75.1 Å². The molecule has 0 aromatic rings. The second kappa shape index (κ2) is 19.7. The van der Waals surface area contributed by atoms with E-state index in [-0.39, 0.29) is 81.7 Å². The van der Waals surface area contributed by atoms with Gasteiger partial charge in [0, 0.05) is 68.8 Å². The molecule has 0 rings (SSSR count). The van der Waals surface area contributed by atoms with Gasteiger partial charge in [0.25, 0.3) is 0 Å². The van der Waals surface area contributed by atoms with Crippen LogP contribution >= 0.6 is 45.6 Å². The summed E-state index contributed by atoms with van der Waals surface area (Å²) in [4.78, 5) is 115. The van der Waals surface area contributed by atoms with Crippen LogP contribution in [0.5, 0.6) is 0 Å². The van der Waals surface area contributed by atoms with Crippen molar-refractivity contribution in [3.8, 4) is 0 Å². The Kier molecular flexibility index (Phi) is 21.4. The van der Waals surface area contributed by atoms with E-state index in [0.717, 1.165) is 19.6 Å². The first-order chi connectivity index (χ1) is 18.5. The molecule has 0 aliphatic carbocycles. The maximum Gasteiger partial charge on any atom is 0.339 e. The Morgan fingerprint density at radius 3 is 0.651 bits per heavy atom. The predicted octanol–water partition coefficient (Wildman–Crippen LogP) is -2.59. The zero-order valence-electron chi connectivity index (χ0n) is 23.2. The number of hydrogen-bond acceptors (Lipinski definition) is 10. The van der Waals surface area contributed by atoms with Gasteiger partial charge in [-0.25, -0.2) is 0 Å². The quantitative estimate of drug-likeness (QED) is 0.0375. The van der Waals surface area contributed by atoms with Crippen molar-refractivity contribution in [2.45, 2.75) is 12.8 Å². The molecule has 0 bridgehead atoms. The van der Waals surface area contributed by atoms with Gasteiger partial charge in [0.05, 0.1) is 0 Å². The van der Waals surface area contributed by atoms with Crippen LogP contribution in [0.15, 0.2) is 0 Å². The van der Waals surface area contributed by atoms with Crippen LogP contribution < -0.4 is 0 Å². The normalized spacial score (nSPS) is 14.2. The van der Waals surface area contributed by atoms with Gasteiger partial charge in [-0.15, -0.1) is 0 Å². The summed E-state index contributed by atoms with van der Waals surface area (Å²) in [5, 5.41) is 0. The monoisotopic (exact) mass is 761 g/mol. The molecule has 0 aromatic carbocycles. The molecular weight excluding hydrogens is 721 g/mol. The Balaban J connectivity index is 0. The van der Waals surface area contributed by atoms with Gasteiger partial charge >= 0.3 is 45.6 Å². The minimum absolute atomic E-state index is 0.